The summed E-state index contributed by atoms with van der Waals surface area (Å²) in [6, 6.07) is 19.5. The smallest absolute Gasteiger partial charge is 0.119 e. The van der Waals surface area contributed by atoms with Crippen molar-refractivity contribution in [3.63, 3.8) is 0 Å². The summed E-state index contributed by atoms with van der Waals surface area (Å²) in [6.07, 6.45) is 2.15. The normalized spacial score (nSPS) is 12.1. The van der Waals surface area contributed by atoms with Crippen LogP contribution in [0.15, 0.2) is 54.6 Å². The van der Waals surface area contributed by atoms with Gasteiger partial charge in [-0.25, -0.2) is 0 Å². The van der Waals surface area contributed by atoms with Crippen molar-refractivity contribution in [2.45, 2.75) is 32.7 Å². The van der Waals surface area contributed by atoms with Gasteiger partial charge in [0.1, 0.15) is 5.75 Å². The standard InChI is InChI=1S/C19H25NO/c1-3-14-20-19(15-16-8-6-5-7-9-16)17-10-12-18(13-11-17)21-4-2/h5-13,19-20H,3-4,14-15H2,1-2H3. The van der Waals surface area contributed by atoms with Crippen molar-refractivity contribution in [3.05, 3.63) is 65.7 Å². The Morgan fingerprint density at radius 2 is 1.67 bits per heavy atom. The molecule has 0 aliphatic carbocycles. The Labute approximate surface area is 128 Å². The predicted molar refractivity (Wildman–Crippen MR) is 88.8 cm³/mol. The van der Waals surface area contributed by atoms with Crippen LogP contribution in [0.2, 0.25) is 0 Å². The number of rotatable bonds is 8. The Hall–Kier alpha value is -1.80. The maximum atomic E-state index is 5.52. The van der Waals surface area contributed by atoms with Gasteiger partial charge in [0.2, 0.25) is 0 Å². The second-order valence-electron chi connectivity index (χ2n) is 5.20. The van der Waals surface area contributed by atoms with Crippen LogP contribution in [0.4, 0.5) is 0 Å². The van der Waals surface area contributed by atoms with E-state index in [1.54, 1.807) is 0 Å². The Morgan fingerprint density at radius 3 is 2.29 bits per heavy atom. The Bertz CT molecular complexity index is 507. The molecule has 0 amide bonds. The summed E-state index contributed by atoms with van der Waals surface area (Å²) < 4.78 is 5.52. The lowest BCUT2D eigenvalue weighted by atomic mass is 9.98. The van der Waals surface area contributed by atoms with E-state index in [0.29, 0.717) is 12.6 Å². The van der Waals surface area contributed by atoms with E-state index in [2.05, 4.69) is 66.8 Å². The summed E-state index contributed by atoms with van der Waals surface area (Å²) >= 11 is 0. The van der Waals surface area contributed by atoms with E-state index in [0.717, 1.165) is 25.1 Å². The van der Waals surface area contributed by atoms with Crippen molar-refractivity contribution in [1.82, 2.24) is 5.32 Å². The molecule has 1 unspecified atom stereocenters. The van der Waals surface area contributed by atoms with Gasteiger partial charge < -0.3 is 10.1 Å². The summed E-state index contributed by atoms with van der Waals surface area (Å²) in [6.45, 7) is 5.95. The molecule has 21 heavy (non-hydrogen) atoms. The van der Waals surface area contributed by atoms with Crippen molar-refractivity contribution < 1.29 is 4.74 Å². The average molecular weight is 283 g/mol. The molecule has 0 saturated carbocycles. The highest BCUT2D eigenvalue weighted by Gasteiger charge is 2.11. The van der Waals surface area contributed by atoms with Crippen molar-refractivity contribution in [1.29, 1.82) is 0 Å². The van der Waals surface area contributed by atoms with Gasteiger partial charge in [0.15, 0.2) is 0 Å². The molecular weight excluding hydrogens is 258 g/mol. The molecule has 2 aromatic rings. The second kappa shape index (κ2) is 8.48. The van der Waals surface area contributed by atoms with Crippen LogP contribution < -0.4 is 10.1 Å². The number of hydrogen-bond acceptors (Lipinski definition) is 2. The fourth-order valence-electron chi connectivity index (χ4n) is 2.44. The first-order chi connectivity index (χ1) is 10.3. The summed E-state index contributed by atoms with van der Waals surface area (Å²) in [5.41, 5.74) is 2.68. The zero-order chi connectivity index (χ0) is 14.9. The SMILES string of the molecule is CCCNC(Cc1ccccc1)c1ccc(OCC)cc1. The van der Waals surface area contributed by atoms with Gasteiger partial charge in [-0.15, -0.1) is 0 Å². The molecule has 0 spiro atoms. The summed E-state index contributed by atoms with van der Waals surface area (Å²) in [7, 11) is 0. The van der Waals surface area contributed by atoms with Crippen LogP contribution in [0.5, 0.6) is 5.75 Å². The van der Waals surface area contributed by atoms with Gasteiger partial charge >= 0.3 is 0 Å². The lowest BCUT2D eigenvalue weighted by Gasteiger charge is -2.19. The quantitative estimate of drug-likeness (QED) is 0.777. The molecule has 0 aromatic heterocycles. The fraction of sp³-hybridized carbons (Fsp3) is 0.368. The third-order valence-electron chi connectivity index (χ3n) is 3.52. The highest BCUT2D eigenvalue weighted by Crippen LogP contribution is 2.21. The van der Waals surface area contributed by atoms with Gasteiger partial charge in [0.05, 0.1) is 6.61 Å². The summed E-state index contributed by atoms with van der Waals surface area (Å²) in [5, 5.41) is 3.64. The summed E-state index contributed by atoms with van der Waals surface area (Å²) in [4.78, 5) is 0. The molecule has 2 nitrogen and oxygen atoms in total. The minimum Gasteiger partial charge on any atom is -0.494 e. The van der Waals surface area contributed by atoms with E-state index >= 15 is 0 Å². The predicted octanol–water partition coefficient (Wildman–Crippen LogP) is 4.37. The molecule has 0 fully saturated rings. The Morgan fingerprint density at radius 1 is 0.952 bits per heavy atom. The van der Waals surface area contributed by atoms with Crippen LogP contribution in [0.3, 0.4) is 0 Å². The van der Waals surface area contributed by atoms with Gasteiger partial charge in [-0.1, -0.05) is 49.4 Å². The van der Waals surface area contributed by atoms with Crippen molar-refractivity contribution in [2.75, 3.05) is 13.2 Å². The molecule has 1 N–H and O–H groups in total. The van der Waals surface area contributed by atoms with E-state index in [1.807, 2.05) is 6.92 Å². The molecule has 0 aliphatic heterocycles. The van der Waals surface area contributed by atoms with Crippen molar-refractivity contribution >= 4 is 0 Å². The van der Waals surface area contributed by atoms with Gasteiger partial charge in [-0.05, 0) is 49.6 Å². The number of nitrogens with one attached hydrogen (secondary N) is 1. The van der Waals surface area contributed by atoms with Gasteiger partial charge in [0, 0.05) is 6.04 Å². The van der Waals surface area contributed by atoms with E-state index < -0.39 is 0 Å². The monoisotopic (exact) mass is 283 g/mol. The second-order valence-corrected chi connectivity index (χ2v) is 5.20. The third kappa shape index (κ3) is 4.91. The van der Waals surface area contributed by atoms with Crippen LogP contribution >= 0.6 is 0 Å². The zero-order valence-corrected chi connectivity index (χ0v) is 13.0. The van der Waals surface area contributed by atoms with Gasteiger partial charge in [-0.3, -0.25) is 0 Å². The minimum atomic E-state index is 0.350. The molecule has 0 heterocycles. The van der Waals surface area contributed by atoms with E-state index in [9.17, 15) is 0 Å². The number of benzene rings is 2. The van der Waals surface area contributed by atoms with E-state index in [-0.39, 0.29) is 0 Å². The molecule has 1 atom stereocenters. The average Bonchev–Trinajstić information content (AvgIpc) is 2.53. The van der Waals surface area contributed by atoms with E-state index in [4.69, 9.17) is 4.74 Å². The molecule has 0 bridgehead atoms. The maximum absolute atomic E-state index is 5.52. The number of hydrogen-bond donors (Lipinski definition) is 1. The first-order valence-electron chi connectivity index (χ1n) is 7.83. The maximum Gasteiger partial charge on any atom is 0.119 e. The van der Waals surface area contributed by atoms with E-state index in [1.165, 1.54) is 11.1 Å². The van der Waals surface area contributed by atoms with Crippen molar-refractivity contribution in [2.24, 2.45) is 0 Å². The Kier molecular flexibility index (Phi) is 6.29. The highest BCUT2D eigenvalue weighted by atomic mass is 16.5. The lowest BCUT2D eigenvalue weighted by molar-refractivity contribution is 0.340. The van der Waals surface area contributed by atoms with Crippen LogP contribution in [-0.2, 0) is 6.42 Å². The molecule has 0 saturated heterocycles. The molecule has 2 rings (SSSR count). The molecule has 2 heteroatoms. The lowest BCUT2D eigenvalue weighted by Crippen LogP contribution is -2.24. The first kappa shape index (κ1) is 15.6. The minimum absolute atomic E-state index is 0.350. The molecule has 2 aromatic carbocycles. The first-order valence-corrected chi connectivity index (χ1v) is 7.83. The van der Waals surface area contributed by atoms with Gasteiger partial charge in [0.25, 0.3) is 0 Å². The number of ether oxygens (including phenoxy) is 1. The topological polar surface area (TPSA) is 21.3 Å². The van der Waals surface area contributed by atoms with Crippen LogP contribution in [0.25, 0.3) is 0 Å². The highest BCUT2D eigenvalue weighted by molar-refractivity contribution is 5.30. The molecule has 112 valence electrons. The Balaban J connectivity index is 2.11. The third-order valence-corrected chi connectivity index (χ3v) is 3.52. The van der Waals surface area contributed by atoms with Crippen LogP contribution in [0, 0.1) is 0 Å². The van der Waals surface area contributed by atoms with Crippen molar-refractivity contribution in [3.8, 4) is 5.75 Å². The largest absolute Gasteiger partial charge is 0.494 e. The van der Waals surface area contributed by atoms with Crippen LogP contribution in [0.1, 0.15) is 37.4 Å². The molecular formula is C19H25NO. The van der Waals surface area contributed by atoms with Crippen LogP contribution in [-0.4, -0.2) is 13.2 Å². The molecule has 0 radical (unpaired) electrons. The fourth-order valence-corrected chi connectivity index (χ4v) is 2.44. The molecule has 0 aliphatic rings. The summed E-state index contributed by atoms with van der Waals surface area (Å²) in [5.74, 6) is 0.940. The zero-order valence-electron chi connectivity index (χ0n) is 13.0. The van der Waals surface area contributed by atoms with Gasteiger partial charge in [-0.2, -0.15) is 0 Å².